The molecule has 3 amide bonds. The SMILES string of the molecule is COc1cc2cc(c1Cl)N(C)C(=O)C[C@H](OC(=O)[C@H](C)N(C)C=O)[C@](C)(O)S[C@H](C)C1C[C@@](O)(NC(=O)O1)[C@H](OC)/C=C/C=C(\C)C2. The highest BCUT2D eigenvalue weighted by Gasteiger charge is 2.49. The normalized spacial score (nSPS) is 31.4. The van der Waals surface area contributed by atoms with Gasteiger partial charge in [0, 0.05) is 32.9 Å². The number of amides is 3. The number of nitrogens with zero attached hydrogens (tertiary/aromatic N) is 2. The van der Waals surface area contributed by atoms with E-state index in [1.54, 1.807) is 31.2 Å². The summed E-state index contributed by atoms with van der Waals surface area (Å²) in [6.07, 6.45) is 1.21. The molecule has 0 spiro atoms. The third kappa shape index (κ3) is 9.20. The molecule has 0 aliphatic carbocycles. The van der Waals surface area contributed by atoms with E-state index in [0.717, 1.165) is 27.8 Å². The van der Waals surface area contributed by atoms with Gasteiger partial charge in [-0.25, -0.2) is 9.59 Å². The first kappa shape index (κ1) is 38.2. The number of likely N-dealkylation sites (N-methyl/N-ethyl adjacent to an activating group) is 1. The van der Waals surface area contributed by atoms with Gasteiger partial charge < -0.3 is 39.0 Å². The quantitative estimate of drug-likeness (QED) is 0.296. The van der Waals surface area contributed by atoms with Crippen LogP contribution in [0, 0.1) is 0 Å². The maximum atomic E-state index is 13.8. The minimum absolute atomic E-state index is 0.119. The molecule has 2 aliphatic heterocycles. The number of hydrogen-bond donors (Lipinski definition) is 3. The van der Waals surface area contributed by atoms with Gasteiger partial charge in [0.15, 0.2) is 5.72 Å². The highest BCUT2D eigenvalue weighted by molar-refractivity contribution is 8.01. The fraction of sp³-hybridized carbons (Fsp3) is 0.562. The molecular weight excluding hydrogens is 654 g/mol. The maximum Gasteiger partial charge on any atom is 0.409 e. The number of carbonyl (C=O) groups is 4. The van der Waals surface area contributed by atoms with Crippen LogP contribution in [0.3, 0.4) is 0 Å². The van der Waals surface area contributed by atoms with Gasteiger partial charge >= 0.3 is 12.1 Å². The van der Waals surface area contributed by atoms with Gasteiger partial charge in [0.25, 0.3) is 0 Å². The molecule has 0 radical (unpaired) electrons. The molecule has 260 valence electrons. The van der Waals surface area contributed by atoms with Gasteiger partial charge in [0.05, 0.1) is 19.2 Å². The van der Waals surface area contributed by atoms with E-state index < -0.39 is 64.7 Å². The summed E-state index contributed by atoms with van der Waals surface area (Å²) in [5, 5.41) is 25.3. The molecule has 1 saturated heterocycles. The maximum absolute atomic E-state index is 13.8. The lowest BCUT2D eigenvalue weighted by Gasteiger charge is -2.43. The number of benzene rings is 1. The molecule has 15 heteroatoms. The lowest BCUT2D eigenvalue weighted by atomic mass is 9.95. The van der Waals surface area contributed by atoms with Crippen LogP contribution in [0.5, 0.6) is 5.75 Å². The van der Waals surface area contributed by atoms with Crippen LogP contribution in [0.4, 0.5) is 10.5 Å². The van der Waals surface area contributed by atoms with Crippen molar-refractivity contribution >= 4 is 53.4 Å². The number of ether oxygens (including phenoxy) is 4. The second-order valence-electron chi connectivity index (χ2n) is 12.0. The summed E-state index contributed by atoms with van der Waals surface area (Å²) in [6.45, 7) is 6.39. The molecule has 2 aliphatic rings. The smallest absolute Gasteiger partial charge is 0.409 e. The highest BCUT2D eigenvalue weighted by Crippen LogP contribution is 2.40. The van der Waals surface area contributed by atoms with Crippen LogP contribution < -0.4 is 15.0 Å². The molecule has 1 fully saturated rings. The summed E-state index contributed by atoms with van der Waals surface area (Å²) in [6, 6.07) is 2.47. The zero-order valence-electron chi connectivity index (χ0n) is 27.8. The second kappa shape index (κ2) is 15.7. The largest absolute Gasteiger partial charge is 0.495 e. The number of fused-ring (bicyclic) bond motifs is 4. The number of rotatable bonds is 6. The first-order valence-corrected chi connectivity index (χ1v) is 16.2. The van der Waals surface area contributed by atoms with E-state index in [1.807, 2.05) is 13.0 Å². The van der Waals surface area contributed by atoms with Crippen molar-refractivity contribution in [3.8, 4) is 5.75 Å². The predicted molar refractivity (Wildman–Crippen MR) is 177 cm³/mol. The van der Waals surface area contributed by atoms with Crippen molar-refractivity contribution < 1.29 is 48.3 Å². The van der Waals surface area contributed by atoms with Crippen molar-refractivity contribution in [1.82, 2.24) is 10.2 Å². The first-order valence-electron chi connectivity index (χ1n) is 14.9. The lowest BCUT2D eigenvalue weighted by molar-refractivity contribution is -0.164. The van der Waals surface area contributed by atoms with Crippen molar-refractivity contribution in [2.45, 2.75) is 87.2 Å². The Balaban J connectivity index is 2.15. The van der Waals surface area contributed by atoms with E-state index >= 15 is 0 Å². The summed E-state index contributed by atoms with van der Waals surface area (Å²) in [4.78, 5) is 51.4. The molecule has 1 aromatic carbocycles. The van der Waals surface area contributed by atoms with E-state index in [4.69, 9.17) is 30.5 Å². The van der Waals surface area contributed by atoms with Gasteiger partial charge in [-0.15, -0.1) is 11.8 Å². The number of aliphatic hydroxyl groups is 2. The molecule has 1 aromatic rings. The zero-order valence-corrected chi connectivity index (χ0v) is 29.4. The van der Waals surface area contributed by atoms with Crippen molar-refractivity contribution in [2.24, 2.45) is 0 Å². The van der Waals surface area contributed by atoms with Gasteiger partial charge in [0.1, 0.15) is 40.1 Å². The third-order valence-electron chi connectivity index (χ3n) is 8.28. The minimum atomic E-state index is -1.94. The van der Waals surface area contributed by atoms with E-state index in [2.05, 4.69) is 5.32 Å². The Labute approximate surface area is 284 Å². The van der Waals surface area contributed by atoms with Crippen LogP contribution in [-0.2, 0) is 35.0 Å². The van der Waals surface area contributed by atoms with Crippen molar-refractivity contribution in [2.75, 3.05) is 33.2 Å². The topological polar surface area (TPSA) is 164 Å². The van der Waals surface area contributed by atoms with E-state index in [0.29, 0.717) is 24.3 Å². The van der Waals surface area contributed by atoms with Crippen LogP contribution in [0.15, 0.2) is 35.9 Å². The molecule has 13 nitrogen and oxygen atoms in total. The fourth-order valence-electron chi connectivity index (χ4n) is 5.25. The number of allylic oxidation sites excluding steroid dienone is 3. The monoisotopic (exact) mass is 697 g/mol. The van der Waals surface area contributed by atoms with Crippen LogP contribution in [-0.4, -0.2) is 108 Å². The first-order chi connectivity index (χ1) is 22.0. The van der Waals surface area contributed by atoms with Gasteiger partial charge in [-0.3, -0.25) is 14.9 Å². The van der Waals surface area contributed by atoms with Gasteiger partial charge in [-0.05, 0) is 51.8 Å². The molecule has 7 atom stereocenters. The number of hydrogen-bond acceptors (Lipinski definition) is 11. The molecule has 1 unspecified atom stereocenters. The minimum Gasteiger partial charge on any atom is -0.495 e. The number of carbonyl (C=O) groups excluding carboxylic acids is 4. The Bertz CT molecular complexity index is 1410. The van der Waals surface area contributed by atoms with Crippen LogP contribution in [0.25, 0.3) is 0 Å². The number of anilines is 1. The van der Waals surface area contributed by atoms with Crippen LogP contribution in [0.1, 0.15) is 46.1 Å². The van der Waals surface area contributed by atoms with Crippen LogP contribution >= 0.6 is 23.4 Å². The van der Waals surface area contributed by atoms with E-state index in [1.165, 1.54) is 47.1 Å². The summed E-state index contributed by atoms with van der Waals surface area (Å²) >= 11 is 7.55. The number of thioether (sulfide) groups is 1. The standard InChI is InChI=1S/C32H44ClN3O10S/c1-18-10-9-11-25(44-8)32(42)16-24(45-30(40)34-32)20(3)47-31(4,41)26(46-29(39)19(2)35(5)17-37)15-27(38)36(6)22-13-21(12-18)14-23(43-7)28(22)33/h9-11,13-14,17,19-20,24-26,41-42H,12,15-16H2,1-8H3,(H,34,40)/b11-9+,18-10+/t19-,20+,24?,25+,26-,31+,32-/m0/s1. The Kier molecular flexibility index (Phi) is 12.8. The Morgan fingerprint density at radius 2 is 1.98 bits per heavy atom. The molecule has 3 N–H and O–H groups in total. The average molecular weight is 698 g/mol. The van der Waals surface area contributed by atoms with Crippen molar-refractivity contribution in [1.29, 1.82) is 0 Å². The van der Waals surface area contributed by atoms with Gasteiger partial charge in [0.2, 0.25) is 12.3 Å². The second-order valence-corrected chi connectivity index (χ2v) is 14.1. The number of methoxy groups -OCH3 is 2. The third-order valence-corrected chi connectivity index (χ3v) is 10.1. The lowest BCUT2D eigenvalue weighted by Crippen LogP contribution is -2.63. The van der Waals surface area contributed by atoms with Crippen molar-refractivity contribution in [3.63, 3.8) is 0 Å². The fourth-order valence-corrected chi connectivity index (χ4v) is 6.91. The number of esters is 1. The molecule has 3 rings (SSSR count). The molecule has 0 saturated carbocycles. The zero-order chi connectivity index (χ0) is 35.3. The molecular formula is C32H44ClN3O10S. The Hall–Kier alpha value is -3.30. The number of alkyl carbamates (subject to hydrolysis) is 1. The molecule has 2 heterocycles. The predicted octanol–water partition coefficient (Wildman–Crippen LogP) is 3.18. The summed E-state index contributed by atoms with van der Waals surface area (Å²) in [7, 11) is 5.76. The van der Waals surface area contributed by atoms with Gasteiger partial charge in [-0.1, -0.05) is 35.4 Å². The van der Waals surface area contributed by atoms with Crippen molar-refractivity contribution in [3.05, 3.63) is 46.5 Å². The Morgan fingerprint density at radius 1 is 1.30 bits per heavy atom. The Morgan fingerprint density at radius 3 is 2.60 bits per heavy atom. The number of nitrogens with one attached hydrogen (secondary N) is 1. The van der Waals surface area contributed by atoms with E-state index in [-0.39, 0.29) is 11.4 Å². The van der Waals surface area contributed by atoms with Gasteiger partial charge in [-0.2, -0.15) is 0 Å². The molecule has 0 aromatic heterocycles. The highest BCUT2D eigenvalue weighted by atomic mass is 35.5. The molecule has 4 bridgehead atoms. The van der Waals surface area contributed by atoms with Crippen LogP contribution in [0.2, 0.25) is 5.02 Å². The summed E-state index contributed by atoms with van der Waals surface area (Å²) in [5.41, 5.74) is 0.142. The number of halogens is 1. The summed E-state index contributed by atoms with van der Waals surface area (Å²) in [5.74, 6) is -1.07. The average Bonchev–Trinajstić information content (AvgIpc) is 3.00. The molecule has 47 heavy (non-hydrogen) atoms. The summed E-state index contributed by atoms with van der Waals surface area (Å²) < 4.78 is 22.3. The van der Waals surface area contributed by atoms with E-state index in [9.17, 15) is 29.4 Å².